The first-order valence-corrected chi connectivity index (χ1v) is 7.54. The lowest BCUT2D eigenvalue weighted by Crippen LogP contribution is -2.38. The normalized spacial score (nSPS) is 15.5. The van der Waals surface area contributed by atoms with Crippen LogP contribution in [0.15, 0.2) is 18.5 Å². The van der Waals surface area contributed by atoms with Crippen molar-refractivity contribution in [3.8, 4) is 0 Å². The van der Waals surface area contributed by atoms with E-state index in [-0.39, 0.29) is 12.5 Å². The number of nitrogens with zero attached hydrogens (tertiary/aromatic N) is 4. The maximum Gasteiger partial charge on any atom is 0.256 e. The van der Waals surface area contributed by atoms with Gasteiger partial charge in [-0.2, -0.15) is 5.10 Å². The second-order valence-corrected chi connectivity index (χ2v) is 6.30. The first-order valence-electron chi connectivity index (χ1n) is 7.54. The van der Waals surface area contributed by atoms with Gasteiger partial charge in [0.25, 0.3) is 5.91 Å². The number of aromatic nitrogens is 3. The molecule has 2 N–H and O–H groups in total. The Morgan fingerprint density at radius 2 is 2.14 bits per heavy atom. The topological polar surface area (TPSA) is 82.8 Å². The van der Waals surface area contributed by atoms with Crippen molar-refractivity contribution in [3.63, 3.8) is 0 Å². The molecule has 2 aromatic rings. The van der Waals surface area contributed by atoms with Gasteiger partial charge in [0.05, 0.1) is 11.8 Å². The minimum absolute atomic E-state index is 0.176. The third kappa shape index (κ3) is 3.04. The molecule has 1 amide bonds. The lowest BCUT2D eigenvalue weighted by Gasteiger charge is -2.17. The number of hydrogen-bond acceptors (Lipinski definition) is 5. The summed E-state index contributed by atoms with van der Waals surface area (Å²) in [6, 6.07) is 1.92. The van der Waals surface area contributed by atoms with Crippen LogP contribution >= 0.6 is 0 Å². The number of nitrogens with one attached hydrogen (secondary N) is 1. The maximum atomic E-state index is 12.3. The highest BCUT2D eigenvalue weighted by atomic mass is 16.3. The predicted molar refractivity (Wildman–Crippen MR) is 83.1 cm³/mol. The molecule has 1 aliphatic heterocycles. The van der Waals surface area contributed by atoms with Crippen LogP contribution in [0, 0.1) is 0 Å². The summed E-state index contributed by atoms with van der Waals surface area (Å²) >= 11 is 0. The lowest BCUT2D eigenvalue weighted by molar-refractivity contribution is 0.0695. The second kappa shape index (κ2) is 5.57. The number of anilines is 1. The fraction of sp³-hybridized carbons (Fsp3) is 0.533. The highest BCUT2D eigenvalue weighted by Crippen LogP contribution is 2.19. The number of fused-ring (bicyclic) bond motifs is 1. The highest BCUT2D eigenvalue weighted by molar-refractivity contribution is 5.99. The predicted octanol–water partition coefficient (Wildman–Crippen LogP) is 0.830. The summed E-state index contributed by atoms with van der Waals surface area (Å²) in [6.07, 6.45) is 5.68. The molecule has 22 heavy (non-hydrogen) atoms. The first kappa shape index (κ1) is 14.8. The van der Waals surface area contributed by atoms with Gasteiger partial charge in [-0.15, -0.1) is 0 Å². The molecule has 0 radical (unpaired) electrons. The van der Waals surface area contributed by atoms with Crippen LogP contribution in [0.5, 0.6) is 0 Å². The standard InChI is InChI=1S/C15H21N5O2/c1-15(2,22)10-16-14(21)11-9-17-20-8-5-12(18-13(11)20)19-6-3-4-7-19/h5,8-9,22H,3-4,6-7,10H2,1-2H3,(H,16,21). The van der Waals surface area contributed by atoms with E-state index in [2.05, 4.69) is 20.3 Å². The van der Waals surface area contributed by atoms with Crippen LogP contribution < -0.4 is 10.2 Å². The summed E-state index contributed by atoms with van der Waals surface area (Å²) in [6.45, 7) is 5.46. The van der Waals surface area contributed by atoms with E-state index < -0.39 is 5.60 Å². The van der Waals surface area contributed by atoms with Gasteiger partial charge in [0, 0.05) is 25.8 Å². The molecule has 7 heteroatoms. The first-order chi connectivity index (χ1) is 10.4. The SMILES string of the molecule is CC(C)(O)CNC(=O)c1cnn2ccc(N3CCCC3)nc12. The van der Waals surface area contributed by atoms with Crippen molar-refractivity contribution in [1.82, 2.24) is 19.9 Å². The number of aliphatic hydroxyl groups is 1. The number of carbonyl (C=O) groups is 1. The number of carbonyl (C=O) groups excluding carboxylic acids is 1. The van der Waals surface area contributed by atoms with Gasteiger partial charge >= 0.3 is 0 Å². The zero-order valence-electron chi connectivity index (χ0n) is 12.9. The van der Waals surface area contributed by atoms with Gasteiger partial charge in [-0.05, 0) is 32.8 Å². The number of amides is 1. The Bertz CT molecular complexity index is 683. The molecule has 1 fully saturated rings. The maximum absolute atomic E-state index is 12.3. The Morgan fingerprint density at radius 1 is 1.41 bits per heavy atom. The van der Waals surface area contributed by atoms with Crippen molar-refractivity contribution < 1.29 is 9.90 Å². The van der Waals surface area contributed by atoms with Crippen LogP contribution in [-0.4, -0.2) is 50.8 Å². The fourth-order valence-electron chi connectivity index (χ4n) is 2.53. The highest BCUT2D eigenvalue weighted by Gasteiger charge is 2.20. The molecule has 0 aliphatic carbocycles. The van der Waals surface area contributed by atoms with Crippen LogP contribution in [0.2, 0.25) is 0 Å². The molecule has 0 aromatic carbocycles. The van der Waals surface area contributed by atoms with Crippen LogP contribution in [0.25, 0.3) is 5.65 Å². The van der Waals surface area contributed by atoms with Crippen molar-refractivity contribution in [3.05, 3.63) is 24.0 Å². The molecule has 0 saturated carbocycles. The third-order valence-corrected chi connectivity index (χ3v) is 3.71. The van der Waals surface area contributed by atoms with Gasteiger partial charge in [0.15, 0.2) is 5.65 Å². The Labute approximate surface area is 129 Å². The Hall–Kier alpha value is -2.15. The summed E-state index contributed by atoms with van der Waals surface area (Å²) in [5, 5.41) is 16.6. The minimum Gasteiger partial charge on any atom is -0.389 e. The molecule has 0 spiro atoms. The van der Waals surface area contributed by atoms with E-state index in [4.69, 9.17) is 0 Å². The molecule has 118 valence electrons. The average Bonchev–Trinajstić information content (AvgIpc) is 3.12. The second-order valence-electron chi connectivity index (χ2n) is 6.30. The summed E-state index contributed by atoms with van der Waals surface area (Å²) in [7, 11) is 0. The molecule has 0 unspecified atom stereocenters. The van der Waals surface area contributed by atoms with Crippen molar-refractivity contribution >= 4 is 17.4 Å². The Morgan fingerprint density at radius 3 is 2.82 bits per heavy atom. The molecule has 3 rings (SSSR count). The molecular weight excluding hydrogens is 282 g/mol. The molecule has 0 atom stereocenters. The lowest BCUT2D eigenvalue weighted by atomic mass is 10.1. The third-order valence-electron chi connectivity index (χ3n) is 3.71. The summed E-state index contributed by atoms with van der Waals surface area (Å²) < 4.78 is 1.60. The van der Waals surface area contributed by atoms with Crippen LogP contribution in [0.1, 0.15) is 37.0 Å². The van der Waals surface area contributed by atoms with Gasteiger partial charge < -0.3 is 15.3 Å². The quantitative estimate of drug-likeness (QED) is 0.874. The van der Waals surface area contributed by atoms with E-state index >= 15 is 0 Å². The van der Waals surface area contributed by atoms with E-state index in [1.165, 1.54) is 19.0 Å². The summed E-state index contributed by atoms with van der Waals surface area (Å²) in [4.78, 5) is 19.1. The van der Waals surface area contributed by atoms with E-state index in [9.17, 15) is 9.90 Å². The van der Waals surface area contributed by atoms with Gasteiger partial charge in [0.2, 0.25) is 0 Å². The van der Waals surface area contributed by atoms with Crippen molar-refractivity contribution in [2.75, 3.05) is 24.5 Å². The smallest absolute Gasteiger partial charge is 0.256 e. The van der Waals surface area contributed by atoms with Gasteiger partial charge in [0.1, 0.15) is 11.4 Å². The van der Waals surface area contributed by atoms with Crippen molar-refractivity contribution in [2.24, 2.45) is 0 Å². The van der Waals surface area contributed by atoms with Crippen LogP contribution in [0.3, 0.4) is 0 Å². The monoisotopic (exact) mass is 303 g/mol. The summed E-state index contributed by atoms with van der Waals surface area (Å²) in [5.41, 5.74) is 0.00944. The number of hydrogen-bond donors (Lipinski definition) is 2. The average molecular weight is 303 g/mol. The minimum atomic E-state index is -0.952. The van der Waals surface area contributed by atoms with Crippen molar-refractivity contribution in [1.29, 1.82) is 0 Å². The van der Waals surface area contributed by atoms with E-state index in [0.29, 0.717) is 11.2 Å². The van der Waals surface area contributed by atoms with Gasteiger partial charge in [-0.25, -0.2) is 9.50 Å². The fourth-order valence-corrected chi connectivity index (χ4v) is 2.53. The van der Waals surface area contributed by atoms with Gasteiger partial charge in [-0.1, -0.05) is 0 Å². The zero-order valence-corrected chi connectivity index (χ0v) is 12.9. The molecule has 3 heterocycles. The Kier molecular flexibility index (Phi) is 3.74. The zero-order chi connectivity index (χ0) is 15.7. The van der Waals surface area contributed by atoms with Gasteiger partial charge in [-0.3, -0.25) is 4.79 Å². The molecule has 2 aromatic heterocycles. The molecule has 7 nitrogen and oxygen atoms in total. The van der Waals surface area contributed by atoms with Crippen LogP contribution in [-0.2, 0) is 0 Å². The van der Waals surface area contributed by atoms with E-state index in [1.807, 2.05) is 12.3 Å². The van der Waals surface area contributed by atoms with E-state index in [1.54, 1.807) is 18.4 Å². The van der Waals surface area contributed by atoms with Crippen molar-refractivity contribution in [2.45, 2.75) is 32.3 Å². The van der Waals surface area contributed by atoms with Crippen LogP contribution in [0.4, 0.5) is 5.82 Å². The molecule has 1 aliphatic rings. The number of rotatable bonds is 4. The molecular formula is C15H21N5O2. The Balaban J connectivity index is 1.86. The summed E-state index contributed by atoms with van der Waals surface area (Å²) in [5.74, 6) is 0.602. The largest absolute Gasteiger partial charge is 0.389 e. The molecule has 1 saturated heterocycles. The molecule has 0 bridgehead atoms. The van der Waals surface area contributed by atoms with E-state index in [0.717, 1.165) is 18.9 Å².